The molecule has 0 aromatic heterocycles. The molecular weight excluding hydrogens is 200 g/mol. The lowest BCUT2D eigenvalue weighted by Gasteiger charge is -2.19. The van der Waals surface area contributed by atoms with Gasteiger partial charge in [0.2, 0.25) is 0 Å². The lowest BCUT2D eigenvalue weighted by atomic mass is 9.86. The monoisotopic (exact) mass is 220 g/mol. The van der Waals surface area contributed by atoms with Crippen molar-refractivity contribution in [2.24, 2.45) is 0 Å². The molecule has 0 radical (unpaired) electrons. The molecule has 0 N–H and O–H groups in total. The summed E-state index contributed by atoms with van der Waals surface area (Å²) >= 11 is 2.02. The van der Waals surface area contributed by atoms with Gasteiger partial charge in [0.15, 0.2) is 0 Å². The van der Waals surface area contributed by atoms with Gasteiger partial charge in [0.25, 0.3) is 0 Å². The van der Waals surface area contributed by atoms with E-state index in [2.05, 4.69) is 39.8 Å². The highest BCUT2D eigenvalue weighted by atomic mass is 32.2. The summed E-state index contributed by atoms with van der Waals surface area (Å²) in [6.45, 7) is 9.25. The van der Waals surface area contributed by atoms with E-state index in [1.54, 1.807) is 16.7 Å². The van der Waals surface area contributed by atoms with Crippen molar-refractivity contribution in [2.75, 3.05) is 5.75 Å². The van der Waals surface area contributed by atoms with E-state index >= 15 is 0 Å². The summed E-state index contributed by atoms with van der Waals surface area (Å²) in [4.78, 5) is 1.53. The van der Waals surface area contributed by atoms with Crippen LogP contribution in [0.15, 0.2) is 17.0 Å². The normalized spacial score (nSPS) is 15.1. The first kappa shape index (κ1) is 11.1. The van der Waals surface area contributed by atoms with Crippen LogP contribution in [-0.2, 0) is 6.42 Å². The van der Waals surface area contributed by atoms with Crippen molar-refractivity contribution >= 4 is 11.8 Å². The second-order valence-electron chi connectivity index (χ2n) is 4.95. The molecule has 0 nitrogen and oxygen atoms in total. The van der Waals surface area contributed by atoms with E-state index in [0.717, 1.165) is 0 Å². The second-order valence-corrected chi connectivity index (χ2v) is 6.09. The third-order valence-electron chi connectivity index (χ3n) is 3.16. The van der Waals surface area contributed by atoms with Gasteiger partial charge in [-0.05, 0) is 41.0 Å². The molecule has 15 heavy (non-hydrogen) atoms. The van der Waals surface area contributed by atoms with E-state index in [1.807, 2.05) is 11.8 Å². The Hall–Kier alpha value is -0.430. The van der Waals surface area contributed by atoms with E-state index < -0.39 is 0 Å². The molecule has 0 spiro atoms. The van der Waals surface area contributed by atoms with Crippen LogP contribution in [0.3, 0.4) is 0 Å². The number of benzene rings is 1. The molecular formula is C14H20S. The molecule has 1 heterocycles. The minimum atomic E-state index is 0.651. The third kappa shape index (κ3) is 1.94. The fourth-order valence-corrected chi connectivity index (χ4v) is 3.58. The molecule has 1 aliphatic rings. The highest BCUT2D eigenvalue weighted by Crippen LogP contribution is 2.39. The van der Waals surface area contributed by atoms with Crippen LogP contribution in [0, 0.1) is 0 Å². The van der Waals surface area contributed by atoms with Gasteiger partial charge >= 0.3 is 0 Å². The predicted molar refractivity (Wildman–Crippen MR) is 69.0 cm³/mol. The molecule has 0 unspecified atom stereocenters. The zero-order valence-corrected chi connectivity index (χ0v) is 10.9. The maximum absolute atomic E-state index is 2.34. The second kappa shape index (κ2) is 4.21. The van der Waals surface area contributed by atoms with Crippen LogP contribution in [0.1, 0.15) is 56.2 Å². The van der Waals surface area contributed by atoms with E-state index in [-0.39, 0.29) is 0 Å². The van der Waals surface area contributed by atoms with Crippen LogP contribution in [0.5, 0.6) is 0 Å². The Kier molecular flexibility index (Phi) is 3.11. The summed E-state index contributed by atoms with van der Waals surface area (Å²) < 4.78 is 0. The number of hydrogen-bond donors (Lipinski definition) is 0. The molecule has 2 rings (SSSR count). The molecule has 0 fully saturated rings. The average Bonchev–Trinajstić information content (AvgIpc) is 2.62. The fraction of sp³-hybridized carbons (Fsp3) is 0.571. The van der Waals surface area contributed by atoms with Gasteiger partial charge in [0.1, 0.15) is 0 Å². The first-order valence-corrected chi connectivity index (χ1v) is 6.88. The largest absolute Gasteiger partial charge is 0.126 e. The van der Waals surface area contributed by atoms with E-state index in [0.29, 0.717) is 11.8 Å². The molecule has 0 saturated carbocycles. The summed E-state index contributed by atoms with van der Waals surface area (Å²) in [5.41, 5.74) is 4.83. The summed E-state index contributed by atoms with van der Waals surface area (Å²) in [7, 11) is 0. The fourth-order valence-electron chi connectivity index (χ4n) is 2.50. The van der Waals surface area contributed by atoms with Crippen molar-refractivity contribution in [3.63, 3.8) is 0 Å². The van der Waals surface area contributed by atoms with Crippen LogP contribution < -0.4 is 0 Å². The predicted octanol–water partition coefficient (Wildman–Crippen LogP) is 4.58. The Morgan fingerprint density at radius 2 is 1.80 bits per heavy atom. The van der Waals surface area contributed by atoms with E-state index in [4.69, 9.17) is 0 Å². The molecule has 0 amide bonds. The maximum atomic E-state index is 2.34. The van der Waals surface area contributed by atoms with Gasteiger partial charge < -0.3 is 0 Å². The SMILES string of the molecule is CC(C)c1ccc2c(c1C(C)C)CCS2. The number of rotatable bonds is 2. The van der Waals surface area contributed by atoms with Gasteiger partial charge in [0.05, 0.1) is 0 Å². The van der Waals surface area contributed by atoms with Crippen molar-refractivity contribution in [1.29, 1.82) is 0 Å². The summed E-state index contributed by atoms with van der Waals surface area (Å²) in [5, 5.41) is 0. The van der Waals surface area contributed by atoms with Crippen LogP contribution >= 0.6 is 11.8 Å². The van der Waals surface area contributed by atoms with Gasteiger partial charge in [-0.15, -0.1) is 11.8 Å². The molecule has 0 atom stereocenters. The van der Waals surface area contributed by atoms with Gasteiger partial charge in [0, 0.05) is 10.6 Å². The first-order valence-electron chi connectivity index (χ1n) is 5.89. The van der Waals surface area contributed by atoms with Crippen molar-refractivity contribution in [1.82, 2.24) is 0 Å². The average molecular weight is 220 g/mol. The third-order valence-corrected chi connectivity index (χ3v) is 4.26. The quantitative estimate of drug-likeness (QED) is 0.703. The maximum Gasteiger partial charge on any atom is 0.0107 e. The summed E-state index contributed by atoms with van der Waals surface area (Å²) in [5.74, 6) is 2.59. The number of fused-ring (bicyclic) bond motifs is 1. The highest BCUT2D eigenvalue weighted by Gasteiger charge is 2.21. The molecule has 82 valence electrons. The smallest absolute Gasteiger partial charge is 0.0107 e. The van der Waals surface area contributed by atoms with E-state index in [1.165, 1.54) is 17.1 Å². The molecule has 1 aromatic carbocycles. The topological polar surface area (TPSA) is 0 Å². The Labute approximate surface area is 97.5 Å². The van der Waals surface area contributed by atoms with Crippen molar-refractivity contribution in [3.05, 3.63) is 28.8 Å². The van der Waals surface area contributed by atoms with Gasteiger partial charge in [-0.1, -0.05) is 33.8 Å². The highest BCUT2D eigenvalue weighted by molar-refractivity contribution is 7.99. The molecule has 1 aliphatic heterocycles. The van der Waals surface area contributed by atoms with Crippen LogP contribution in [-0.4, -0.2) is 5.75 Å². The zero-order chi connectivity index (χ0) is 11.0. The molecule has 0 saturated heterocycles. The lowest BCUT2D eigenvalue weighted by Crippen LogP contribution is -2.03. The minimum Gasteiger partial charge on any atom is -0.126 e. The van der Waals surface area contributed by atoms with Gasteiger partial charge in [-0.25, -0.2) is 0 Å². The Balaban J connectivity index is 2.58. The van der Waals surface area contributed by atoms with Crippen LogP contribution in [0.4, 0.5) is 0 Å². The zero-order valence-electron chi connectivity index (χ0n) is 10.1. The Morgan fingerprint density at radius 1 is 1.07 bits per heavy atom. The summed E-state index contributed by atoms with van der Waals surface area (Å²) in [6.07, 6.45) is 1.27. The summed E-state index contributed by atoms with van der Waals surface area (Å²) in [6, 6.07) is 4.67. The Bertz CT molecular complexity index is 364. The van der Waals surface area contributed by atoms with Crippen molar-refractivity contribution in [2.45, 2.75) is 50.8 Å². The van der Waals surface area contributed by atoms with Crippen molar-refractivity contribution in [3.8, 4) is 0 Å². The van der Waals surface area contributed by atoms with Gasteiger partial charge in [-0.3, -0.25) is 0 Å². The number of hydrogen-bond acceptors (Lipinski definition) is 1. The van der Waals surface area contributed by atoms with Crippen LogP contribution in [0.25, 0.3) is 0 Å². The van der Waals surface area contributed by atoms with Crippen molar-refractivity contribution < 1.29 is 0 Å². The molecule has 0 aliphatic carbocycles. The molecule has 1 heteroatoms. The lowest BCUT2D eigenvalue weighted by molar-refractivity contribution is 0.772. The molecule has 1 aromatic rings. The standard InChI is InChI=1S/C14H20S/c1-9(2)11-5-6-13-12(7-8-15-13)14(11)10(3)4/h5-6,9-10H,7-8H2,1-4H3. The van der Waals surface area contributed by atoms with E-state index in [9.17, 15) is 0 Å². The molecule has 0 bridgehead atoms. The van der Waals surface area contributed by atoms with Gasteiger partial charge in [-0.2, -0.15) is 0 Å². The Morgan fingerprint density at radius 3 is 2.40 bits per heavy atom. The first-order chi connectivity index (χ1) is 7.11. The minimum absolute atomic E-state index is 0.651. The van der Waals surface area contributed by atoms with Crippen LogP contribution in [0.2, 0.25) is 0 Å². The number of thioether (sulfide) groups is 1.